The molecule has 0 bridgehead atoms. The number of aryl methyl sites for hydroxylation is 1. The van der Waals surface area contributed by atoms with Crippen LogP contribution in [-0.2, 0) is 21.5 Å². The molecular weight excluding hydrogens is 571 g/mol. The van der Waals surface area contributed by atoms with Crippen LogP contribution in [0.15, 0.2) is 30.6 Å². The Bertz CT molecular complexity index is 1620. The molecule has 0 spiro atoms. The molecule has 0 unspecified atom stereocenters. The summed E-state index contributed by atoms with van der Waals surface area (Å²) in [5.74, 6) is -1.13. The number of carbonyl (C=O) groups is 3. The molecule has 42 heavy (non-hydrogen) atoms. The van der Waals surface area contributed by atoms with Gasteiger partial charge in [-0.2, -0.15) is 31.6 Å². The summed E-state index contributed by atoms with van der Waals surface area (Å²) in [6.07, 6.45) is 2.89. The fraction of sp³-hybridized carbons (Fsp3) is 0.462. The van der Waals surface area contributed by atoms with Gasteiger partial charge in [0.1, 0.15) is 23.5 Å². The molecule has 2 aromatic heterocycles. The second kappa shape index (κ2) is 12.0. The maximum Gasteiger partial charge on any atom is 0.424 e. The zero-order valence-corrected chi connectivity index (χ0v) is 23.9. The van der Waals surface area contributed by atoms with Crippen molar-refractivity contribution >= 4 is 33.9 Å². The quantitative estimate of drug-likeness (QED) is 0.406. The summed E-state index contributed by atoms with van der Waals surface area (Å²) in [4.78, 5) is 46.1. The lowest BCUT2D eigenvalue weighted by Crippen LogP contribution is -2.44. The van der Waals surface area contributed by atoms with E-state index in [4.69, 9.17) is 0 Å². The minimum Gasteiger partial charge on any atom is -0.452 e. The summed E-state index contributed by atoms with van der Waals surface area (Å²) in [5.41, 5.74) is 1.23. The highest BCUT2D eigenvalue weighted by Gasteiger charge is 2.44. The number of halogens is 1. The van der Waals surface area contributed by atoms with Crippen molar-refractivity contribution < 1.29 is 31.9 Å². The van der Waals surface area contributed by atoms with E-state index in [1.807, 2.05) is 0 Å². The Labute approximate surface area is 241 Å². The molecule has 3 heterocycles. The number of hydrogen-bond donors (Lipinski definition) is 2. The molecule has 1 aromatic carbocycles. The van der Waals surface area contributed by atoms with E-state index in [0.717, 1.165) is 11.4 Å². The highest BCUT2D eigenvalue weighted by molar-refractivity contribution is 7.87. The third-order valence-electron chi connectivity index (χ3n) is 7.64. The lowest BCUT2D eigenvalue weighted by molar-refractivity contribution is 0.0932. The van der Waals surface area contributed by atoms with Gasteiger partial charge in [-0.1, -0.05) is 12.1 Å². The molecule has 224 valence electrons. The van der Waals surface area contributed by atoms with E-state index in [2.05, 4.69) is 30.4 Å². The second-order valence-corrected chi connectivity index (χ2v) is 12.1. The minimum absolute atomic E-state index is 0.0205. The van der Waals surface area contributed by atoms with E-state index in [1.165, 1.54) is 27.3 Å². The molecule has 2 fully saturated rings. The van der Waals surface area contributed by atoms with Crippen LogP contribution < -0.4 is 10.6 Å². The number of hydrogen-bond acceptors (Lipinski definition) is 9. The molecule has 1 saturated carbocycles. The first-order chi connectivity index (χ1) is 20.1. The standard InChI is InChI=1S/C26H31FN8O6S/c1-16-11-18(5-8-20(16)27)14-28-23(36)21-12-22(35-25(32-21)30-15-31-35)24(37)29-13-17-3-6-19(7-4-17)33-9-10-34(26(38)41-2)42(33,39)40/h5,8,11-12,15,17,19H,3-4,6-7,9-10,13-14H2,1-2H3,(H,28,36)(H,29,37)/t17-,19-. The van der Waals surface area contributed by atoms with Crippen molar-refractivity contribution in [2.45, 2.75) is 45.2 Å². The molecule has 1 saturated heterocycles. The molecule has 0 atom stereocenters. The molecule has 3 aromatic rings. The summed E-state index contributed by atoms with van der Waals surface area (Å²) >= 11 is 0. The van der Waals surface area contributed by atoms with E-state index < -0.39 is 28.1 Å². The van der Waals surface area contributed by atoms with Crippen molar-refractivity contribution in [2.75, 3.05) is 26.7 Å². The normalized spacial score (nSPS) is 20.4. The summed E-state index contributed by atoms with van der Waals surface area (Å²) in [5, 5.41) is 9.67. The first-order valence-electron chi connectivity index (χ1n) is 13.5. The van der Waals surface area contributed by atoms with Crippen molar-refractivity contribution in [1.29, 1.82) is 0 Å². The molecule has 0 radical (unpaired) electrons. The van der Waals surface area contributed by atoms with Gasteiger partial charge in [-0.25, -0.2) is 14.2 Å². The average molecular weight is 603 g/mol. The van der Waals surface area contributed by atoms with Gasteiger partial charge in [-0.15, -0.1) is 0 Å². The van der Waals surface area contributed by atoms with Crippen molar-refractivity contribution in [1.82, 2.24) is 38.8 Å². The number of aromatic nitrogens is 4. The molecule has 3 amide bonds. The van der Waals surface area contributed by atoms with Crippen molar-refractivity contribution in [2.24, 2.45) is 5.92 Å². The van der Waals surface area contributed by atoms with Crippen LogP contribution in [0.1, 0.15) is 57.8 Å². The van der Waals surface area contributed by atoms with Crippen molar-refractivity contribution in [3.8, 4) is 0 Å². The molecule has 16 heteroatoms. The van der Waals surface area contributed by atoms with E-state index >= 15 is 0 Å². The summed E-state index contributed by atoms with van der Waals surface area (Å²) in [7, 11) is -2.77. The van der Waals surface area contributed by atoms with Crippen LogP contribution in [0.5, 0.6) is 0 Å². The topological polar surface area (TPSA) is 168 Å². The predicted molar refractivity (Wildman–Crippen MR) is 146 cm³/mol. The number of amides is 3. The van der Waals surface area contributed by atoms with Crippen LogP contribution in [0.2, 0.25) is 0 Å². The van der Waals surface area contributed by atoms with Gasteiger partial charge in [0.15, 0.2) is 0 Å². The lowest BCUT2D eigenvalue weighted by Gasteiger charge is -2.33. The van der Waals surface area contributed by atoms with Crippen molar-refractivity contribution in [3.05, 3.63) is 58.9 Å². The Kier molecular flexibility index (Phi) is 8.36. The largest absolute Gasteiger partial charge is 0.452 e. The Morgan fingerprint density at radius 1 is 1.07 bits per heavy atom. The number of methoxy groups -OCH3 is 1. The fourth-order valence-electron chi connectivity index (χ4n) is 5.35. The molecule has 1 aliphatic carbocycles. The van der Waals surface area contributed by atoms with Gasteiger partial charge >= 0.3 is 16.3 Å². The van der Waals surface area contributed by atoms with E-state index in [9.17, 15) is 27.2 Å². The monoisotopic (exact) mass is 602 g/mol. The third kappa shape index (κ3) is 5.90. The maximum atomic E-state index is 13.5. The van der Waals surface area contributed by atoms with Gasteiger partial charge in [-0.3, -0.25) is 9.59 Å². The maximum absolute atomic E-state index is 13.5. The third-order valence-corrected chi connectivity index (χ3v) is 9.61. The molecule has 14 nitrogen and oxygen atoms in total. The predicted octanol–water partition coefficient (Wildman–Crippen LogP) is 1.42. The van der Waals surface area contributed by atoms with E-state index in [1.54, 1.807) is 19.1 Å². The van der Waals surface area contributed by atoms with Gasteiger partial charge in [0.05, 0.1) is 13.7 Å². The zero-order chi connectivity index (χ0) is 30.0. The van der Waals surface area contributed by atoms with Gasteiger partial charge in [0.2, 0.25) is 0 Å². The SMILES string of the molecule is COC(=O)N1CCN([C@H]2CC[C@H](CNC(=O)c3cc(C(=O)NCc4ccc(F)c(C)c4)nc4ncnn34)CC2)S1(=O)=O. The summed E-state index contributed by atoms with van der Waals surface area (Å²) in [6.45, 7) is 2.40. The second-order valence-electron chi connectivity index (χ2n) is 10.3. The lowest BCUT2D eigenvalue weighted by atomic mass is 9.86. The van der Waals surface area contributed by atoms with Gasteiger partial charge < -0.3 is 15.4 Å². The summed E-state index contributed by atoms with van der Waals surface area (Å²) in [6, 6.07) is 5.65. The first kappa shape index (κ1) is 29.3. The molecule has 5 rings (SSSR count). The van der Waals surface area contributed by atoms with Crippen LogP contribution in [0.3, 0.4) is 0 Å². The number of carbonyl (C=O) groups excluding carboxylic acids is 3. The van der Waals surface area contributed by atoms with E-state index in [0.29, 0.717) is 43.4 Å². The molecule has 2 aliphatic rings. The number of benzene rings is 1. The molecule has 2 N–H and O–H groups in total. The van der Waals surface area contributed by atoms with Crippen LogP contribution >= 0.6 is 0 Å². The Morgan fingerprint density at radius 3 is 2.55 bits per heavy atom. The Morgan fingerprint density at radius 2 is 1.83 bits per heavy atom. The van der Waals surface area contributed by atoms with Crippen LogP contribution in [0.25, 0.3) is 5.78 Å². The van der Waals surface area contributed by atoms with Crippen LogP contribution in [0, 0.1) is 18.7 Å². The highest BCUT2D eigenvalue weighted by Crippen LogP contribution is 2.32. The number of nitrogens with one attached hydrogen (secondary N) is 2. The van der Waals surface area contributed by atoms with Gasteiger partial charge in [0, 0.05) is 31.7 Å². The zero-order valence-electron chi connectivity index (χ0n) is 23.1. The first-order valence-corrected chi connectivity index (χ1v) is 14.9. The number of fused-ring (bicyclic) bond motifs is 1. The molecular formula is C26H31FN8O6S. The fourth-order valence-corrected chi connectivity index (χ4v) is 7.08. The van der Waals surface area contributed by atoms with E-state index in [-0.39, 0.29) is 54.6 Å². The Hall–Kier alpha value is -4.18. The Balaban J connectivity index is 1.18. The van der Waals surface area contributed by atoms with Gasteiger partial charge in [0.25, 0.3) is 17.6 Å². The highest BCUT2D eigenvalue weighted by atomic mass is 32.2. The number of rotatable bonds is 7. The average Bonchev–Trinajstić information content (AvgIpc) is 3.59. The van der Waals surface area contributed by atoms with Gasteiger partial charge in [-0.05, 0) is 55.7 Å². The number of nitrogens with zero attached hydrogens (tertiary/aromatic N) is 6. The minimum atomic E-state index is -3.92. The van der Waals surface area contributed by atoms with Crippen LogP contribution in [-0.4, -0.2) is 87.3 Å². The molecule has 1 aliphatic heterocycles. The summed E-state index contributed by atoms with van der Waals surface area (Å²) < 4.78 is 47.1. The van der Waals surface area contributed by atoms with Crippen LogP contribution in [0.4, 0.5) is 9.18 Å². The smallest absolute Gasteiger partial charge is 0.424 e. The van der Waals surface area contributed by atoms with Crippen molar-refractivity contribution in [3.63, 3.8) is 0 Å². The number of ether oxygens (including phenoxy) is 1.